The number of methoxy groups -OCH3 is 2. The molecule has 1 amide bonds. The molecule has 0 radical (unpaired) electrons. The molecule has 1 atom stereocenters. The molecule has 1 saturated heterocycles. The highest BCUT2D eigenvalue weighted by molar-refractivity contribution is 6.12. The molecule has 0 unspecified atom stereocenters. The van der Waals surface area contributed by atoms with Gasteiger partial charge in [-0.3, -0.25) is 19.8 Å². The number of ether oxygens (including phenoxy) is 3. The maximum absolute atomic E-state index is 13.8. The number of nitro benzene ring substituents is 1. The molecule has 2 aliphatic heterocycles. The number of morpholine rings is 1. The summed E-state index contributed by atoms with van der Waals surface area (Å²) >= 11 is 0. The second kappa shape index (κ2) is 9.74. The normalized spacial score (nSPS) is 17.3. The molecule has 186 valence electrons. The molecule has 0 bridgehead atoms. The second-order valence-electron chi connectivity index (χ2n) is 8.41. The highest BCUT2D eigenvalue weighted by atomic mass is 16.6. The van der Waals surface area contributed by atoms with Crippen LogP contribution in [0.1, 0.15) is 22.1 Å². The molecule has 10 heteroatoms. The van der Waals surface area contributed by atoms with Crippen molar-refractivity contribution in [2.45, 2.75) is 6.17 Å². The van der Waals surface area contributed by atoms with Crippen molar-refractivity contribution in [1.82, 2.24) is 0 Å². The Morgan fingerprint density at radius 1 is 1.00 bits per heavy atom. The maximum Gasteiger partial charge on any atom is 0.292 e. The van der Waals surface area contributed by atoms with Crippen LogP contribution in [0.5, 0.6) is 11.5 Å². The van der Waals surface area contributed by atoms with Gasteiger partial charge >= 0.3 is 0 Å². The zero-order valence-electron chi connectivity index (χ0n) is 20.0. The van der Waals surface area contributed by atoms with E-state index < -0.39 is 6.17 Å². The number of rotatable bonds is 6. The number of nitrogens with one attached hydrogen (secondary N) is 1. The summed E-state index contributed by atoms with van der Waals surface area (Å²) < 4.78 is 16.3. The van der Waals surface area contributed by atoms with Crippen LogP contribution in [0.3, 0.4) is 0 Å². The number of nitrogens with zero attached hydrogens (tertiary/aromatic N) is 3. The van der Waals surface area contributed by atoms with Crippen molar-refractivity contribution in [2.24, 2.45) is 0 Å². The van der Waals surface area contributed by atoms with Crippen molar-refractivity contribution >= 4 is 28.7 Å². The lowest BCUT2D eigenvalue weighted by Crippen LogP contribution is -2.43. The van der Waals surface area contributed by atoms with Gasteiger partial charge in [-0.2, -0.15) is 0 Å². The largest absolute Gasteiger partial charge is 0.497 e. The number of para-hydroxylation sites is 1. The quantitative estimate of drug-likeness (QED) is 0.404. The molecule has 2 aliphatic rings. The molecule has 5 rings (SSSR count). The summed E-state index contributed by atoms with van der Waals surface area (Å²) in [6.07, 6.45) is -0.716. The Labute approximate surface area is 208 Å². The van der Waals surface area contributed by atoms with E-state index in [1.54, 1.807) is 48.4 Å². The molecular formula is C26H26N4O6. The van der Waals surface area contributed by atoms with Gasteiger partial charge in [0, 0.05) is 36.5 Å². The van der Waals surface area contributed by atoms with Gasteiger partial charge in [0.1, 0.15) is 23.4 Å². The fraction of sp³-hybridized carbons (Fsp3) is 0.269. The number of nitro groups is 1. The summed E-state index contributed by atoms with van der Waals surface area (Å²) in [4.78, 5) is 29.0. The lowest BCUT2D eigenvalue weighted by atomic mass is 10.0. The Hall–Kier alpha value is -4.31. The van der Waals surface area contributed by atoms with E-state index in [-0.39, 0.29) is 16.5 Å². The number of carbonyl (C=O) groups is 1. The lowest BCUT2D eigenvalue weighted by Gasteiger charge is -2.38. The minimum absolute atomic E-state index is 0.0239. The Morgan fingerprint density at radius 2 is 1.75 bits per heavy atom. The number of anilines is 3. The summed E-state index contributed by atoms with van der Waals surface area (Å²) in [6, 6.07) is 17.5. The van der Waals surface area contributed by atoms with Crippen LogP contribution in [0.2, 0.25) is 0 Å². The standard InChI is InChI=1S/C26H26N4O6/c1-34-18-8-10-22(24(16-18)35-2)29-25(27-20-6-4-3-5-19(20)26(29)31)17-7-9-21(23(15-17)30(32)33)28-11-13-36-14-12-28/h3-10,15-16,25,27H,11-14H2,1-2H3/t25-/m0/s1. The van der Waals surface area contributed by atoms with Gasteiger partial charge in [0.25, 0.3) is 11.6 Å². The topological polar surface area (TPSA) is 106 Å². The maximum atomic E-state index is 13.8. The van der Waals surface area contributed by atoms with Gasteiger partial charge < -0.3 is 24.4 Å². The Kier molecular flexibility index (Phi) is 6.34. The molecule has 10 nitrogen and oxygen atoms in total. The first-order valence-corrected chi connectivity index (χ1v) is 11.5. The number of hydrogen-bond donors (Lipinski definition) is 1. The van der Waals surface area contributed by atoms with Gasteiger partial charge in [0.2, 0.25) is 0 Å². The number of hydrogen-bond acceptors (Lipinski definition) is 8. The van der Waals surface area contributed by atoms with E-state index >= 15 is 0 Å². The molecule has 1 fully saturated rings. The van der Waals surface area contributed by atoms with E-state index in [1.165, 1.54) is 13.2 Å². The highest BCUT2D eigenvalue weighted by Gasteiger charge is 2.37. The number of amides is 1. The van der Waals surface area contributed by atoms with E-state index in [1.807, 2.05) is 23.1 Å². The van der Waals surface area contributed by atoms with Crippen LogP contribution in [-0.4, -0.2) is 51.4 Å². The van der Waals surface area contributed by atoms with Gasteiger partial charge in [0.05, 0.1) is 43.6 Å². The predicted molar refractivity (Wildman–Crippen MR) is 135 cm³/mol. The fourth-order valence-electron chi connectivity index (χ4n) is 4.65. The van der Waals surface area contributed by atoms with Crippen molar-refractivity contribution < 1.29 is 23.9 Å². The predicted octanol–water partition coefficient (Wildman–Crippen LogP) is 4.22. The van der Waals surface area contributed by atoms with Gasteiger partial charge in [-0.15, -0.1) is 0 Å². The van der Waals surface area contributed by atoms with Crippen LogP contribution in [0.25, 0.3) is 0 Å². The number of carbonyl (C=O) groups excluding carboxylic acids is 1. The minimum atomic E-state index is -0.716. The molecule has 36 heavy (non-hydrogen) atoms. The van der Waals surface area contributed by atoms with Crippen LogP contribution in [0.4, 0.5) is 22.7 Å². The fourth-order valence-corrected chi connectivity index (χ4v) is 4.65. The van der Waals surface area contributed by atoms with Crippen LogP contribution in [-0.2, 0) is 4.74 Å². The van der Waals surface area contributed by atoms with E-state index in [9.17, 15) is 14.9 Å². The zero-order valence-corrected chi connectivity index (χ0v) is 20.0. The Bertz CT molecular complexity index is 1310. The van der Waals surface area contributed by atoms with E-state index in [0.29, 0.717) is 66.0 Å². The van der Waals surface area contributed by atoms with Crippen LogP contribution in [0.15, 0.2) is 60.7 Å². The average molecular weight is 491 g/mol. The van der Waals surface area contributed by atoms with Crippen LogP contribution < -0.4 is 24.6 Å². The van der Waals surface area contributed by atoms with Crippen molar-refractivity contribution in [2.75, 3.05) is 55.6 Å². The SMILES string of the molecule is COc1ccc(N2C(=O)c3ccccc3N[C@@H]2c2ccc(N3CCOCC3)c([N+](=O)[O-])c2)c(OC)c1. The third-order valence-electron chi connectivity index (χ3n) is 6.44. The third kappa shape index (κ3) is 4.16. The lowest BCUT2D eigenvalue weighted by molar-refractivity contribution is -0.384. The molecular weight excluding hydrogens is 464 g/mol. The van der Waals surface area contributed by atoms with Crippen molar-refractivity contribution in [3.63, 3.8) is 0 Å². The molecule has 0 saturated carbocycles. The molecule has 3 aromatic carbocycles. The zero-order chi connectivity index (χ0) is 25.2. The second-order valence-corrected chi connectivity index (χ2v) is 8.41. The van der Waals surface area contributed by atoms with Crippen molar-refractivity contribution in [3.05, 3.63) is 81.9 Å². The summed E-state index contributed by atoms with van der Waals surface area (Å²) in [7, 11) is 3.07. The van der Waals surface area contributed by atoms with E-state index in [2.05, 4.69) is 5.32 Å². The molecule has 3 aromatic rings. The molecule has 2 heterocycles. The average Bonchev–Trinajstić information content (AvgIpc) is 2.93. The minimum Gasteiger partial charge on any atom is -0.497 e. The Balaban J connectivity index is 1.64. The first-order valence-electron chi connectivity index (χ1n) is 11.5. The highest BCUT2D eigenvalue weighted by Crippen LogP contribution is 2.43. The first-order chi connectivity index (χ1) is 17.5. The summed E-state index contributed by atoms with van der Waals surface area (Å²) in [5, 5.41) is 15.5. The van der Waals surface area contributed by atoms with Crippen LogP contribution in [0, 0.1) is 10.1 Å². The Morgan fingerprint density at radius 3 is 2.47 bits per heavy atom. The third-order valence-corrected chi connectivity index (χ3v) is 6.44. The monoisotopic (exact) mass is 490 g/mol. The van der Waals surface area contributed by atoms with Gasteiger partial charge in [-0.05, 0) is 30.3 Å². The summed E-state index contributed by atoms with van der Waals surface area (Å²) in [6.45, 7) is 2.17. The van der Waals surface area contributed by atoms with Gasteiger partial charge in [-0.1, -0.05) is 18.2 Å². The summed E-state index contributed by atoms with van der Waals surface area (Å²) in [5.41, 5.74) is 2.73. The van der Waals surface area contributed by atoms with Crippen LogP contribution >= 0.6 is 0 Å². The van der Waals surface area contributed by atoms with Crippen molar-refractivity contribution in [3.8, 4) is 11.5 Å². The molecule has 0 aliphatic carbocycles. The first kappa shape index (κ1) is 23.4. The molecule has 0 spiro atoms. The van der Waals surface area contributed by atoms with Gasteiger partial charge in [-0.25, -0.2) is 0 Å². The molecule has 1 N–H and O–H groups in total. The molecule has 0 aromatic heterocycles. The number of fused-ring (bicyclic) bond motifs is 1. The van der Waals surface area contributed by atoms with Crippen molar-refractivity contribution in [1.29, 1.82) is 0 Å². The smallest absolute Gasteiger partial charge is 0.292 e. The van der Waals surface area contributed by atoms with Gasteiger partial charge in [0.15, 0.2) is 0 Å². The summed E-state index contributed by atoms with van der Waals surface area (Å²) in [5.74, 6) is 0.765. The van der Waals surface area contributed by atoms with E-state index in [0.717, 1.165) is 0 Å². The van der Waals surface area contributed by atoms with E-state index in [4.69, 9.17) is 14.2 Å². The number of benzene rings is 3.